The summed E-state index contributed by atoms with van der Waals surface area (Å²) in [6.07, 6.45) is 0.874. The first kappa shape index (κ1) is 12.8. The van der Waals surface area contributed by atoms with Crippen LogP contribution < -0.4 is 0 Å². The van der Waals surface area contributed by atoms with Crippen molar-refractivity contribution < 1.29 is 0 Å². The van der Waals surface area contributed by atoms with Crippen LogP contribution in [-0.4, -0.2) is 20.2 Å². The normalized spacial score (nSPS) is 10.7. The molecule has 3 rings (SSSR count). The third kappa shape index (κ3) is 2.86. The predicted octanol–water partition coefficient (Wildman–Crippen LogP) is 3.24. The van der Waals surface area contributed by atoms with E-state index in [1.54, 1.807) is 4.80 Å². The van der Waals surface area contributed by atoms with Crippen LogP contribution >= 0.6 is 11.6 Å². The molecule has 20 heavy (non-hydrogen) atoms. The maximum Gasteiger partial charge on any atom is 0.206 e. The molecule has 1 aromatic heterocycles. The van der Waals surface area contributed by atoms with Crippen molar-refractivity contribution in [1.29, 1.82) is 0 Å². The molecule has 100 valence electrons. The lowest BCUT2D eigenvalue weighted by atomic mass is 10.2. The van der Waals surface area contributed by atoms with E-state index in [-0.39, 0.29) is 0 Å². The molecule has 0 amide bonds. The molecular formula is C15H13ClN4. The van der Waals surface area contributed by atoms with Crippen molar-refractivity contribution in [3.63, 3.8) is 0 Å². The summed E-state index contributed by atoms with van der Waals surface area (Å²) in [5, 5.41) is 13.1. The Bertz CT molecular complexity index is 694. The molecule has 0 saturated heterocycles. The number of hydrogen-bond donors (Lipinski definition) is 0. The molecule has 4 nitrogen and oxygen atoms in total. The molecular weight excluding hydrogens is 272 g/mol. The van der Waals surface area contributed by atoms with E-state index in [1.807, 2.05) is 42.5 Å². The summed E-state index contributed by atoms with van der Waals surface area (Å²) in [5.41, 5.74) is 2.06. The van der Waals surface area contributed by atoms with Gasteiger partial charge in [0.1, 0.15) is 0 Å². The molecule has 0 atom stereocenters. The monoisotopic (exact) mass is 284 g/mol. The Morgan fingerprint density at radius 2 is 1.70 bits per heavy atom. The van der Waals surface area contributed by atoms with Gasteiger partial charge >= 0.3 is 0 Å². The van der Waals surface area contributed by atoms with Crippen LogP contribution in [-0.2, 0) is 13.0 Å². The van der Waals surface area contributed by atoms with E-state index >= 15 is 0 Å². The Morgan fingerprint density at radius 3 is 2.50 bits per heavy atom. The summed E-state index contributed by atoms with van der Waals surface area (Å²) in [4.78, 5) is 1.60. The molecule has 3 aromatic rings. The summed E-state index contributed by atoms with van der Waals surface area (Å²) in [7, 11) is 0. The number of tetrazole rings is 1. The van der Waals surface area contributed by atoms with E-state index in [0.717, 1.165) is 12.0 Å². The second kappa shape index (κ2) is 5.84. The second-order valence-corrected chi connectivity index (χ2v) is 4.83. The molecule has 0 aliphatic heterocycles. The lowest BCUT2D eigenvalue weighted by Crippen LogP contribution is -2.05. The smallest absolute Gasteiger partial charge is 0.164 e. The first-order chi connectivity index (χ1) is 9.83. The molecule has 0 radical (unpaired) electrons. The summed E-state index contributed by atoms with van der Waals surface area (Å²) in [5.74, 6) is 0.559. The molecule has 1 heterocycles. The van der Waals surface area contributed by atoms with Crippen molar-refractivity contribution in [3.05, 3.63) is 65.2 Å². The molecule has 0 spiro atoms. The largest absolute Gasteiger partial charge is 0.206 e. The molecule has 0 aliphatic rings. The lowest BCUT2D eigenvalue weighted by Gasteiger charge is -1.99. The summed E-state index contributed by atoms with van der Waals surface area (Å²) in [6.45, 7) is 0.696. The quantitative estimate of drug-likeness (QED) is 0.739. The van der Waals surface area contributed by atoms with Gasteiger partial charge in [-0.05, 0) is 29.3 Å². The van der Waals surface area contributed by atoms with E-state index < -0.39 is 0 Å². The van der Waals surface area contributed by atoms with Gasteiger partial charge in [-0.3, -0.25) is 0 Å². The van der Waals surface area contributed by atoms with Gasteiger partial charge in [-0.2, -0.15) is 4.80 Å². The summed E-state index contributed by atoms with van der Waals surface area (Å²) >= 11 is 6.12. The Kier molecular flexibility index (Phi) is 3.74. The maximum atomic E-state index is 6.12. The Hall–Kier alpha value is -2.20. The van der Waals surface area contributed by atoms with Crippen LogP contribution in [0.25, 0.3) is 11.4 Å². The van der Waals surface area contributed by atoms with Crippen LogP contribution in [0, 0.1) is 0 Å². The van der Waals surface area contributed by atoms with Crippen LogP contribution in [0.4, 0.5) is 0 Å². The fourth-order valence-corrected chi connectivity index (χ4v) is 2.18. The molecule has 0 unspecified atom stereocenters. The van der Waals surface area contributed by atoms with Crippen molar-refractivity contribution >= 4 is 11.6 Å². The second-order valence-electron chi connectivity index (χ2n) is 4.42. The maximum absolute atomic E-state index is 6.12. The van der Waals surface area contributed by atoms with Crippen LogP contribution in [0.15, 0.2) is 54.6 Å². The van der Waals surface area contributed by atoms with Crippen LogP contribution in [0.1, 0.15) is 5.56 Å². The zero-order valence-electron chi connectivity index (χ0n) is 10.8. The van der Waals surface area contributed by atoms with Gasteiger partial charge in [0, 0.05) is 5.56 Å². The Labute approximate surface area is 122 Å². The highest BCUT2D eigenvalue weighted by atomic mass is 35.5. The van der Waals surface area contributed by atoms with Gasteiger partial charge < -0.3 is 0 Å². The standard InChI is InChI=1S/C15H13ClN4/c16-14-9-5-4-8-13(14)15-17-19-20(18-15)11-10-12-6-2-1-3-7-12/h1-9H,10-11H2. The van der Waals surface area contributed by atoms with Gasteiger partial charge in [0.2, 0.25) is 5.82 Å². The van der Waals surface area contributed by atoms with Crippen molar-refractivity contribution in [2.75, 3.05) is 0 Å². The minimum atomic E-state index is 0.559. The average Bonchev–Trinajstić information content (AvgIpc) is 2.95. The fourth-order valence-electron chi connectivity index (χ4n) is 1.96. The average molecular weight is 285 g/mol. The van der Waals surface area contributed by atoms with E-state index in [0.29, 0.717) is 17.4 Å². The fraction of sp³-hybridized carbons (Fsp3) is 0.133. The summed E-state index contributed by atoms with van der Waals surface area (Å²) in [6, 6.07) is 17.7. The zero-order valence-corrected chi connectivity index (χ0v) is 11.5. The van der Waals surface area contributed by atoms with Crippen molar-refractivity contribution in [1.82, 2.24) is 20.2 Å². The summed E-state index contributed by atoms with van der Waals surface area (Å²) < 4.78 is 0. The van der Waals surface area contributed by atoms with Gasteiger partial charge in [-0.15, -0.1) is 10.2 Å². The van der Waals surface area contributed by atoms with E-state index in [1.165, 1.54) is 5.56 Å². The van der Waals surface area contributed by atoms with Gasteiger partial charge in [-0.25, -0.2) is 0 Å². The number of nitrogens with zero attached hydrogens (tertiary/aromatic N) is 4. The van der Waals surface area contributed by atoms with Gasteiger partial charge in [-0.1, -0.05) is 54.1 Å². The van der Waals surface area contributed by atoms with Crippen molar-refractivity contribution in [3.8, 4) is 11.4 Å². The van der Waals surface area contributed by atoms with Gasteiger partial charge in [0.15, 0.2) is 0 Å². The minimum absolute atomic E-state index is 0.559. The van der Waals surface area contributed by atoms with E-state index in [9.17, 15) is 0 Å². The number of hydrogen-bond acceptors (Lipinski definition) is 3. The molecule has 0 aliphatic carbocycles. The third-order valence-corrected chi connectivity index (χ3v) is 3.34. The number of aromatic nitrogens is 4. The SMILES string of the molecule is Clc1ccccc1-c1nnn(CCc2ccccc2)n1. The van der Waals surface area contributed by atoms with Crippen molar-refractivity contribution in [2.24, 2.45) is 0 Å². The first-order valence-electron chi connectivity index (χ1n) is 6.39. The van der Waals surface area contributed by atoms with Crippen LogP contribution in [0.3, 0.4) is 0 Å². The van der Waals surface area contributed by atoms with E-state index in [2.05, 4.69) is 27.5 Å². The highest BCUT2D eigenvalue weighted by Gasteiger charge is 2.09. The Balaban J connectivity index is 1.73. The highest BCUT2D eigenvalue weighted by molar-refractivity contribution is 6.33. The molecule has 5 heteroatoms. The van der Waals surface area contributed by atoms with Crippen molar-refractivity contribution in [2.45, 2.75) is 13.0 Å². The molecule has 2 aromatic carbocycles. The van der Waals surface area contributed by atoms with Gasteiger partial charge in [0.05, 0.1) is 11.6 Å². The van der Waals surface area contributed by atoms with Crippen LogP contribution in [0.2, 0.25) is 5.02 Å². The number of rotatable bonds is 4. The van der Waals surface area contributed by atoms with Gasteiger partial charge in [0.25, 0.3) is 0 Å². The third-order valence-electron chi connectivity index (χ3n) is 3.01. The van der Waals surface area contributed by atoms with E-state index in [4.69, 9.17) is 11.6 Å². The zero-order chi connectivity index (χ0) is 13.8. The first-order valence-corrected chi connectivity index (χ1v) is 6.77. The number of aryl methyl sites for hydroxylation is 2. The molecule has 0 fully saturated rings. The number of benzene rings is 2. The lowest BCUT2D eigenvalue weighted by molar-refractivity contribution is 0.523. The molecule has 0 saturated carbocycles. The molecule has 0 bridgehead atoms. The topological polar surface area (TPSA) is 43.6 Å². The Morgan fingerprint density at radius 1 is 0.950 bits per heavy atom. The minimum Gasteiger partial charge on any atom is -0.164 e. The highest BCUT2D eigenvalue weighted by Crippen LogP contribution is 2.23. The molecule has 0 N–H and O–H groups in total. The van der Waals surface area contributed by atoms with Crippen LogP contribution in [0.5, 0.6) is 0 Å². The number of halogens is 1. The predicted molar refractivity (Wildman–Crippen MR) is 78.4 cm³/mol.